The van der Waals surface area contributed by atoms with Crippen LogP contribution in [0, 0.1) is 0 Å². The standard InChI is InChI=1S/C9H10Cl2F2N2/c10-6-2-1-3-7(11)5(6)4-8(15-14)9(12)13/h1-3,8-9,15H,4,14H2. The first kappa shape index (κ1) is 12.6. The molecule has 0 amide bonds. The Morgan fingerprint density at radius 3 is 2.20 bits per heavy atom. The van der Waals surface area contributed by atoms with Crippen LogP contribution in [0.5, 0.6) is 0 Å². The van der Waals surface area contributed by atoms with Gasteiger partial charge in [0.15, 0.2) is 0 Å². The first-order valence-electron chi connectivity index (χ1n) is 4.23. The number of rotatable bonds is 4. The van der Waals surface area contributed by atoms with Gasteiger partial charge in [0.1, 0.15) is 0 Å². The predicted octanol–water partition coefficient (Wildman–Crippen LogP) is 2.63. The molecule has 0 radical (unpaired) electrons. The highest BCUT2D eigenvalue weighted by atomic mass is 35.5. The number of alkyl halides is 2. The Bertz CT molecular complexity index is 314. The first-order valence-corrected chi connectivity index (χ1v) is 4.99. The van der Waals surface area contributed by atoms with E-state index < -0.39 is 12.5 Å². The molecule has 0 aliphatic rings. The summed E-state index contributed by atoms with van der Waals surface area (Å²) in [5, 5.41) is 0.729. The van der Waals surface area contributed by atoms with Crippen molar-refractivity contribution in [2.75, 3.05) is 0 Å². The largest absolute Gasteiger partial charge is 0.271 e. The highest BCUT2D eigenvalue weighted by Crippen LogP contribution is 2.26. The Balaban J connectivity index is 2.87. The zero-order chi connectivity index (χ0) is 11.4. The van der Waals surface area contributed by atoms with Gasteiger partial charge in [-0.15, -0.1) is 0 Å². The fraction of sp³-hybridized carbons (Fsp3) is 0.333. The van der Waals surface area contributed by atoms with Crippen LogP contribution in [0.15, 0.2) is 18.2 Å². The van der Waals surface area contributed by atoms with E-state index in [0.717, 1.165) is 0 Å². The minimum Gasteiger partial charge on any atom is -0.271 e. The summed E-state index contributed by atoms with van der Waals surface area (Å²) in [7, 11) is 0. The van der Waals surface area contributed by atoms with E-state index in [1.54, 1.807) is 18.2 Å². The van der Waals surface area contributed by atoms with Crippen molar-refractivity contribution in [3.63, 3.8) is 0 Å². The number of hydrogen-bond donors (Lipinski definition) is 2. The third kappa shape index (κ3) is 3.28. The quantitative estimate of drug-likeness (QED) is 0.641. The van der Waals surface area contributed by atoms with Gasteiger partial charge in [-0.25, -0.2) is 8.78 Å². The van der Waals surface area contributed by atoms with Crippen molar-refractivity contribution in [3.05, 3.63) is 33.8 Å². The van der Waals surface area contributed by atoms with Crippen LogP contribution >= 0.6 is 23.2 Å². The number of nitrogens with one attached hydrogen (secondary N) is 1. The van der Waals surface area contributed by atoms with E-state index in [-0.39, 0.29) is 6.42 Å². The maximum Gasteiger partial charge on any atom is 0.255 e. The molecule has 6 heteroatoms. The molecule has 0 aromatic heterocycles. The fourth-order valence-corrected chi connectivity index (χ4v) is 1.72. The van der Waals surface area contributed by atoms with E-state index >= 15 is 0 Å². The average molecular weight is 255 g/mol. The summed E-state index contributed by atoms with van der Waals surface area (Å²) in [4.78, 5) is 0. The molecule has 0 saturated heterocycles. The van der Waals surface area contributed by atoms with Gasteiger partial charge in [-0.05, 0) is 24.1 Å². The van der Waals surface area contributed by atoms with Crippen LogP contribution in [0.1, 0.15) is 5.56 Å². The van der Waals surface area contributed by atoms with Crippen LogP contribution < -0.4 is 11.3 Å². The number of hydrogen-bond acceptors (Lipinski definition) is 2. The van der Waals surface area contributed by atoms with Gasteiger partial charge in [0.2, 0.25) is 0 Å². The molecule has 0 saturated carbocycles. The molecule has 1 aromatic rings. The van der Waals surface area contributed by atoms with Crippen LogP contribution in [-0.2, 0) is 6.42 Å². The molecule has 0 aliphatic heterocycles. The summed E-state index contributed by atoms with van der Waals surface area (Å²) in [5.74, 6) is 5.01. The molecular weight excluding hydrogens is 245 g/mol. The molecule has 0 heterocycles. The monoisotopic (exact) mass is 254 g/mol. The van der Waals surface area contributed by atoms with Gasteiger partial charge in [0.25, 0.3) is 6.43 Å². The van der Waals surface area contributed by atoms with Crippen LogP contribution in [0.25, 0.3) is 0 Å². The molecule has 1 atom stereocenters. The molecular formula is C9H10Cl2F2N2. The van der Waals surface area contributed by atoms with E-state index in [1.165, 1.54) is 0 Å². The van der Waals surface area contributed by atoms with Gasteiger partial charge in [0.05, 0.1) is 6.04 Å². The maximum atomic E-state index is 12.4. The maximum absolute atomic E-state index is 12.4. The van der Waals surface area contributed by atoms with Crippen molar-refractivity contribution in [1.82, 2.24) is 5.43 Å². The van der Waals surface area contributed by atoms with Gasteiger partial charge in [0, 0.05) is 10.0 Å². The minimum atomic E-state index is -2.57. The van der Waals surface area contributed by atoms with Crippen molar-refractivity contribution in [2.45, 2.75) is 18.9 Å². The summed E-state index contributed by atoms with van der Waals surface area (Å²) in [6, 6.07) is 3.70. The minimum absolute atomic E-state index is 0.00727. The van der Waals surface area contributed by atoms with Gasteiger partial charge >= 0.3 is 0 Å². The second-order valence-corrected chi connectivity index (χ2v) is 3.83. The number of benzene rings is 1. The molecule has 3 N–H and O–H groups in total. The molecule has 0 fully saturated rings. The summed E-state index contributed by atoms with van der Waals surface area (Å²) in [6.45, 7) is 0. The molecule has 1 aromatic carbocycles. The number of halogens is 4. The zero-order valence-corrected chi connectivity index (χ0v) is 9.19. The SMILES string of the molecule is NNC(Cc1c(Cl)cccc1Cl)C(F)F. The summed E-state index contributed by atoms with van der Waals surface area (Å²) < 4.78 is 24.8. The third-order valence-electron chi connectivity index (χ3n) is 2.00. The van der Waals surface area contributed by atoms with E-state index in [9.17, 15) is 8.78 Å². The highest BCUT2D eigenvalue weighted by molar-refractivity contribution is 6.35. The molecule has 0 spiro atoms. The molecule has 2 nitrogen and oxygen atoms in total. The third-order valence-corrected chi connectivity index (χ3v) is 2.71. The van der Waals surface area contributed by atoms with Gasteiger partial charge in [-0.3, -0.25) is 11.3 Å². The number of hydrazine groups is 1. The second kappa shape index (κ2) is 5.61. The normalized spacial score (nSPS) is 13.2. The Morgan fingerprint density at radius 2 is 1.80 bits per heavy atom. The Labute approximate surface area is 96.3 Å². The first-order chi connectivity index (χ1) is 7.06. The smallest absolute Gasteiger partial charge is 0.255 e. The lowest BCUT2D eigenvalue weighted by molar-refractivity contribution is 0.0984. The van der Waals surface area contributed by atoms with E-state index in [0.29, 0.717) is 15.6 Å². The van der Waals surface area contributed by atoms with E-state index in [1.807, 2.05) is 5.43 Å². The Hall–Kier alpha value is -0.420. The highest BCUT2D eigenvalue weighted by Gasteiger charge is 2.21. The number of nitrogens with two attached hydrogens (primary N) is 1. The van der Waals surface area contributed by atoms with Gasteiger partial charge in [-0.1, -0.05) is 29.3 Å². The molecule has 0 aliphatic carbocycles. The molecule has 15 heavy (non-hydrogen) atoms. The summed E-state index contributed by atoms with van der Waals surface area (Å²) in [6.07, 6.45) is -2.57. The predicted molar refractivity (Wildman–Crippen MR) is 57.3 cm³/mol. The van der Waals surface area contributed by atoms with Gasteiger partial charge in [-0.2, -0.15) is 0 Å². The molecule has 1 rings (SSSR count). The average Bonchev–Trinajstić information content (AvgIpc) is 2.17. The van der Waals surface area contributed by atoms with E-state index in [2.05, 4.69) is 0 Å². The van der Waals surface area contributed by atoms with Crippen LogP contribution in [0.2, 0.25) is 10.0 Å². The van der Waals surface area contributed by atoms with Crippen LogP contribution in [-0.4, -0.2) is 12.5 Å². The molecule has 1 unspecified atom stereocenters. The van der Waals surface area contributed by atoms with Crippen molar-refractivity contribution in [2.24, 2.45) is 5.84 Å². The van der Waals surface area contributed by atoms with Crippen molar-refractivity contribution < 1.29 is 8.78 Å². The fourth-order valence-electron chi connectivity index (χ4n) is 1.17. The second-order valence-electron chi connectivity index (χ2n) is 3.01. The Morgan fingerprint density at radius 1 is 1.27 bits per heavy atom. The van der Waals surface area contributed by atoms with Crippen LogP contribution in [0.4, 0.5) is 8.78 Å². The van der Waals surface area contributed by atoms with Crippen molar-refractivity contribution in [1.29, 1.82) is 0 Å². The Kier molecular flexibility index (Phi) is 4.73. The lowest BCUT2D eigenvalue weighted by Gasteiger charge is -2.16. The van der Waals surface area contributed by atoms with Gasteiger partial charge < -0.3 is 0 Å². The van der Waals surface area contributed by atoms with E-state index in [4.69, 9.17) is 29.0 Å². The zero-order valence-electron chi connectivity index (χ0n) is 7.68. The topological polar surface area (TPSA) is 38.0 Å². The molecule has 0 bridgehead atoms. The molecule has 84 valence electrons. The van der Waals surface area contributed by atoms with Crippen molar-refractivity contribution >= 4 is 23.2 Å². The lowest BCUT2D eigenvalue weighted by Crippen LogP contribution is -2.42. The van der Waals surface area contributed by atoms with Crippen LogP contribution in [0.3, 0.4) is 0 Å². The summed E-state index contributed by atoms with van der Waals surface area (Å²) in [5.41, 5.74) is 2.51. The summed E-state index contributed by atoms with van der Waals surface area (Å²) >= 11 is 11.7. The lowest BCUT2D eigenvalue weighted by atomic mass is 10.1. The van der Waals surface area contributed by atoms with Crippen molar-refractivity contribution in [3.8, 4) is 0 Å².